The summed E-state index contributed by atoms with van der Waals surface area (Å²) in [7, 11) is 0. The molecule has 8 heavy (non-hydrogen) atoms. The third-order valence-corrected chi connectivity index (χ3v) is 0. The van der Waals surface area contributed by atoms with E-state index in [1.165, 1.54) is 0 Å². The van der Waals surface area contributed by atoms with Gasteiger partial charge in [-0.3, -0.25) is 0 Å². The molecule has 0 saturated carbocycles. The van der Waals surface area contributed by atoms with Crippen LogP contribution in [0.5, 0.6) is 0 Å². The fourth-order valence-corrected chi connectivity index (χ4v) is 0. The molecule has 0 amide bonds. The van der Waals surface area contributed by atoms with E-state index in [0.29, 0.717) is 0 Å². The van der Waals surface area contributed by atoms with E-state index in [0.717, 1.165) is 0 Å². The maximum absolute atomic E-state index is 11.2. The predicted molar refractivity (Wildman–Crippen MR) is 12.4 cm³/mol. The van der Waals surface area contributed by atoms with Crippen molar-refractivity contribution in [2.24, 2.45) is 0 Å². The van der Waals surface area contributed by atoms with Gasteiger partial charge in [-0.2, -0.15) is 0 Å². The Morgan fingerprint density at radius 2 is 0.625 bits per heavy atom. The molecule has 0 saturated heterocycles. The maximum atomic E-state index is 9.93. The Morgan fingerprint density at radius 3 is 0.625 bits per heavy atom. The third-order valence-electron chi connectivity index (χ3n) is 0. The second kappa shape index (κ2) is 1.50. The van der Waals surface area contributed by atoms with Gasteiger partial charge in [0.15, 0.2) is 0 Å². The van der Waals surface area contributed by atoms with E-state index in [1.807, 2.05) is 0 Å². The summed E-state index contributed by atoms with van der Waals surface area (Å²) in [6, 6.07) is 0. The van der Waals surface area contributed by atoms with Gasteiger partial charge in [0.1, 0.15) is 0 Å². The molecule has 0 aliphatic rings. The van der Waals surface area contributed by atoms with E-state index in [2.05, 4.69) is 0 Å². The Bertz CT molecular complexity index is 67.1. The van der Waals surface area contributed by atoms with E-state index in [9.17, 15) is 16.9 Å². The normalized spacial score (nSPS) is 20.2. The van der Waals surface area contributed by atoms with Crippen LogP contribution in [-0.2, 0) is 17.1 Å². The zero-order valence-electron chi connectivity index (χ0n) is 3.02. The molecule has 0 aromatic carbocycles. The van der Waals surface area contributed by atoms with Gasteiger partial charge in [-0.15, -0.1) is 0 Å². The summed E-state index contributed by atoms with van der Waals surface area (Å²) in [5.41, 5.74) is 0. The first kappa shape index (κ1) is 11.7. The van der Waals surface area contributed by atoms with E-state index in [4.69, 9.17) is 0 Å². The van der Waals surface area contributed by atoms with Crippen LogP contribution < -0.4 is 0 Å². The molecular weight excluding hydrogens is 299 g/mol. The molecule has 0 radical (unpaired) electrons. The Labute approximate surface area is 53.6 Å². The Balaban J connectivity index is 0. The van der Waals surface area contributed by atoms with Gasteiger partial charge in [-0.05, 0) is 0 Å². The SMILES string of the molecule is [Cu+].[F][Sb-]([F])([F])([F])([F])[F]. The molecule has 0 aliphatic carbocycles. The van der Waals surface area contributed by atoms with Crippen molar-refractivity contribution in [2.45, 2.75) is 0 Å². The van der Waals surface area contributed by atoms with E-state index >= 15 is 0 Å². The predicted octanol–water partition coefficient (Wildman–Crippen LogP) is 2.14. The van der Waals surface area contributed by atoms with Crippen LogP contribution in [0.2, 0.25) is 0 Å². The van der Waals surface area contributed by atoms with Crippen LogP contribution in [0.25, 0.3) is 0 Å². The Morgan fingerprint density at radius 1 is 0.625 bits per heavy atom. The summed E-state index contributed by atoms with van der Waals surface area (Å²) in [5.74, 6) is 0. The van der Waals surface area contributed by atoms with E-state index in [-0.39, 0.29) is 17.1 Å². The molecule has 0 aliphatic heterocycles. The van der Waals surface area contributed by atoms with Gasteiger partial charge in [-0.1, -0.05) is 0 Å². The van der Waals surface area contributed by atoms with Crippen LogP contribution in [0, 0.1) is 0 Å². The summed E-state index contributed by atoms with van der Waals surface area (Å²) in [4.78, 5) is 0. The van der Waals surface area contributed by atoms with Crippen LogP contribution in [0.15, 0.2) is 0 Å². The first-order chi connectivity index (χ1) is 2.45. The summed E-state index contributed by atoms with van der Waals surface area (Å²) in [6.07, 6.45) is 0. The molecule has 0 aromatic rings. The van der Waals surface area contributed by atoms with Crippen LogP contribution in [0.4, 0.5) is 16.9 Å². The van der Waals surface area contributed by atoms with Gasteiger partial charge >= 0.3 is 53.4 Å². The monoisotopic (exact) mass is 298 g/mol. The van der Waals surface area contributed by atoms with Gasteiger partial charge < -0.3 is 0 Å². The van der Waals surface area contributed by atoms with Crippen molar-refractivity contribution in [3.8, 4) is 0 Å². The second-order valence-electron chi connectivity index (χ2n) is 0.958. The molecule has 8 heteroatoms. The fraction of sp³-hybridized carbons (Fsp3) is 0. The number of rotatable bonds is 0. The fourth-order valence-electron chi connectivity index (χ4n) is 0. The zero-order chi connectivity index (χ0) is 6.41. The van der Waals surface area contributed by atoms with Gasteiger partial charge in [-0.25, -0.2) is 0 Å². The minimum absolute atomic E-state index is 0. The van der Waals surface area contributed by atoms with Crippen molar-refractivity contribution in [3.05, 3.63) is 0 Å². The molecule has 0 atom stereocenters. The molecular formula is CuF6Sb. The zero-order valence-corrected chi connectivity index (χ0v) is 6.51. The first-order valence-corrected chi connectivity index (χ1v) is 6.80. The van der Waals surface area contributed by atoms with Gasteiger partial charge in [0.05, 0.1) is 0 Å². The quantitative estimate of drug-likeness (QED) is 0.475. The Hall–Kier alpha value is 0.918. The number of hydrogen-bond donors (Lipinski definition) is 0. The van der Waals surface area contributed by atoms with Crippen LogP contribution in [-0.4, -0.2) is 19.5 Å². The Kier molecular flexibility index (Phi) is 2.18. The van der Waals surface area contributed by atoms with Crippen molar-refractivity contribution in [2.75, 3.05) is 0 Å². The van der Waals surface area contributed by atoms with Gasteiger partial charge in [0.25, 0.3) is 0 Å². The number of halogens is 6. The average Bonchev–Trinajstić information content (AvgIpc) is 0.592. The van der Waals surface area contributed by atoms with Crippen LogP contribution in [0.3, 0.4) is 0 Å². The molecule has 58 valence electrons. The van der Waals surface area contributed by atoms with Crippen molar-refractivity contribution < 1.29 is 33.9 Å². The van der Waals surface area contributed by atoms with E-state index in [1.54, 1.807) is 0 Å². The summed E-state index contributed by atoms with van der Waals surface area (Å²) < 4.78 is 59.6. The topological polar surface area (TPSA) is 0 Å². The van der Waals surface area contributed by atoms with Crippen molar-refractivity contribution in [1.82, 2.24) is 0 Å². The van der Waals surface area contributed by atoms with Gasteiger partial charge in [0.2, 0.25) is 0 Å². The molecule has 0 heterocycles. The molecule has 0 unspecified atom stereocenters. The summed E-state index contributed by atoms with van der Waals surface area (Å²) in [6.45, 7) is 0. The van der Waals surface area contributed by atoms with Gasteiger partial charge in [0, 0.05) is 0 Å². The average molecular weight is 299 g/mol. The minimum atomic E-state index is -11.2. The molecule has 0 fully saturated rings. The third kappa shape index (κ3) is 288. The molecule has 0 bridgehead atoms. The standard InChI is InChI=1S/Cu.6FH.Sb/h;6*1H;/q+1;;;;;;;+5/p-6. The first-order valence-electron chi connectivity index (χ1n) is 1.01. The van der Waals surface area contributed by atoms with E-state index < -0.39 is 19.5 Å². The number of hydrogen-bond acceptors (Lipinski definition) is 0. The van der Waals surface area contributed by atoms with Crippen LogP contribution >= 0.6 is 0 Å². The summed E-state index contributed by atoms with van der Waals surface area (Å²) in [5, 5.41) is 0. The second-order valence-corrected chi connectivity index (χ2v) is 6.43. The molecule has 0 N–H and O–H groups in total. The van der Waals surface area contributed by atoms with Crippen molar-refractivity contribution >= 4 is 19.5 Å². The molecule has 0 nitrogen and oxygen atoms in total. The molecule has 0 aromatic heterocycles. The van der Waals surface area contributed by atoms with Crippen molar-refractivity contribution in [3.63, 3.8) is 0 Å². The molecule has 0 spiro atoms. The van der Waals surface area contributed by atoms with Crippen molar-refractivity contribution in [1.29, 1.82) is 0 Å². The molecule has 0 rings (SSSR count). The summed E-state index contributed by atoms with van der Waals surface area (Å²) >= 11 is -11.2. The van der Waals surface area contributed by atoms with Crippen LogP contribution in [0.1, 0.15) is 0 Å².